The van der Waals surface area contributed by atoms with Crippen molar-refractivity contribution in [2.24, 2.45) is 11.8 Å². The Morgan fingerprint density at radius 1 is 1.09 bits per heavy atom. The molecule has 2 saturated heterocycles. The van der Waals surface area contributed by atoms with Crippen molar-refractivity contribution in [3.63, 3.8) is 0 Å². The average Bonchev–Trinajstić information content (AvgIpc) is 2.58. The summed E-state index contributed by atoms with van der Waals surface area (Å²) in [6.45, 7) is 2.78. The molecule has 1 atom stereocenters. The van der Waals surface area contributed by atoms with Crippen molar-refractivity contribution in [3.05, 3.63) is 0 Å². The van der Waals surface area contributed by atoms with E-state index in [-0.39, 0.29) is 17.7 Å². The van der Waals surface area contributed by atoms with Gasteiger partial charge < -0.3 is 4.90 Å². The van der Waals surface area contributed by atoms with Gasteiger partial charge in [-0.15, -0.1) is 0 Å². The number of hydrogen-bond acceptors (Lipinski definition) is 3. The molecule has 3 fully saturated rings. The molecule has 0 spiro atoms. The highest BCUT2D eigenvalue weighted by molar-refractivity contribution is 5.83. The smallest absolute Gasteiger partial charge is 0.251 e. The zero-order valence-electron chi connectivity index (χ0n) is 13.5. The number of hydrogen-bond donors (Lipinski definition) is 0. The van der Waals surface area contributed by atoms with Crippen LogP contribution in [0.2, 0.25) is 0 Å². The van der Waals surface area contributed by atoms with Crippen molar-refractivity contribution >= 4 is 11.8 Å². The normalized spacial score (nSPS) is 28.0. The second kappa shape index (κ2) is 7.44. The summed E-state index contributed by atoms with van der Waals surface area (Å²) in [5.74, 6) is 0.882. The van der Waals surface area contributed by atoms with Crippen molar-refractivity contribution in [2.45, 2.75) is 57.8 Å². The van der Waals surface area contributed by atoms with E-state index < -0.39 is 0 Å². The largest absolute Gasteiger partial charge is 0.342 e. The molecule has 3 aliphatic rings. The third kappa shape index (κ3) is 3.80. The maximum atomic E-state index is 12.6. The Balaban J connectivity index is 1.55. The molecule has 5 heteroatoms. The summed E-state index contributed by atoms with van der Waals surface area (Å²) in [4.78, 5) is 32.2. The van der Waals surface area contributed by atoms with Crippen LogP contribution in [0.1, 0.15) is 57.8 Å². The number of hydroxylamine groups is 2. The lowest BCUT2D eigenvalue weighted by Crippen LogP contribution is -2.49. The Bertz CT molecular complexity index is 401. The number of piperidine rings is 1. The van der Waals surface area contributed by atoms with E-state index in [1.807, 2.05) is 4.90 Å². The highest BCUT2D eigenvalue weighted by Gasteiger charge is 2.34. The van der Waals surface area contributed by atoms with Crippen LogP contribution in [-0.4, -0.2) is 48.0 Å². The molecular formula is C17H28N2O3. The molecular weight excluding hydrogens is 280 g/mol. The molecule has 1 unspecified atom stereocenters. The minimum Gasteiger partial charge on any atom is -0.342 e. The Labute approximate surface area is 132 Å². The van der Waals surface area contributed by atoms with Gasteiger partial charge in [0.2, 0.25) is 5.91 Å². The van der Waals surface area contributed by atoms with E-state index in [1.54, 1.807) is 5.06 Å². The molecule has 1 saturated carbocycles. The maximum absolute atomic E-state index is 12.6. The molecule has 2 heterocycles. The average molecular weight is 308 g/mol. The lowest BCUT2D eigenvalue weighted by Gasteiger charge is -2.37. The van der Waals surface area contributed by atoms with Crippen LogP contribution in [0.4, 0.5) is 0 Å². The molecule has 124 valence electrons. The molecule has 5 nitrogen and oxygen atoms in total. The Morgan fingerprint density at radius 3 is 2.64 bits per heavy atom. The minimum atomic E-state index is -0.0700. The summed E-state index contributed by atoms with van der Waals surface area (Å²) in [6, 6.07) is 0. The van der Waals surface area contributed by atoms with Crippen molar-refractivity contribution < 1.29 is 14.4 Å². The van der Waals surface area contributed by atoms with E-state index in [2.05, 4.69) is 0 Å². The first kappa shape index (κ1) is 15.8. The molecule has 22 heavy (non-hydrogen) atoms. The van der Waals surface area contributed by atoms with Crippen LogP contribution in [-0.2, 0) is 14.4 Å². The highest BCUT2D eigenvalue weighted by Crippen LogP contribution is 2.27. The lowest BCUT2D eigenvalue weighted by atomic mass is 9.87. The minimum absolute atomic E-state index is 0.0700. The quantitative estimate of drug-likeness (QED) is 0.804. The second-order valence-electron chi connectivity index (χ2n) is 7.02. The van der Waals surface area contributed by atoms with Crippen molar-refractivity contribution in [1.29, 1.82) is 0 Å². The fraction of sp³-hybridized carbons (Fsp3) is 0.882. The van der Waals surface area contributed by atoms with Crippen LogP contribution in [0.5, 0.6) is 0 Å². The van der Waals surface area contributed by atoms with Crippen LogP contribution < -0.4 is 0 Å². The van der Waals surface area contributed by atoms with Gasteiger partial charge >= 0.3 is 0 Å². The summed E-state index contributed by atoms with van der Waals surface area (Å²) in [5.41, 5.74) is 0. The molecule has 0 aromatic carbocycles. The number of nitrogens with zero attached hydrogens (tertiary/aromatic N) is 2. The van der Waals surface area contributed by atoms with Gasteiger partial charge in [0.25, 0.3) is 5.91 Å². The van der Waals surface area contributed by atoms with Gasteiger partial charge in [0, 0.05) is 26.1 Å². The SMILES string of the molecule is O=C1CCC(C(=O)N2CCCCO2)CN1CC1CCCCC1. The first-order valence-electron chi connectivity index (χ1n) is 8.96. The third-order valence-electron chi connectivity index (χ3n) is 5.30. The Kier molecular flexibility index (Phi) is 5.34. The van der Waals surface area contributed by atoms with E-state index in [4.69, 9.17) is 4.84 Å². The van der Waals surface area contributed by atoms with Crippen LogP contribution in [0, 0.1) is 11.8 Å². The van der Waals surface area contributed by atoms with Gasteiger partial charge in [0.1, 0.15) is 0 Å². The molecule has 0 N–H and O–H groups in total. The molecule has 0 radical (unpaired) electrons. The Hall–Kier alpha value is -1.10. The van der Waals surface area contributed by atoms with E-state index >= 15 is 0 Å². The molecule has 2 aliphatic heterocycles. The van der Waals surface area contributed by atoms with Gasteiger partial charge in [0.15, 0.2) is 0 Å². The monoisotopic (exact) mass is 308 g/mol. The van der Waals surface area contributed by atoms with Crippen LogP contribution >= 0.6 is 0 Å². The molecule has 3 rings (SSSR count). The number of carbonyl (C=O) groups is 2. The van der Waals surface area contributed by atoms with Gasteiger partial charge in [-0.1, -0.05) is 19.3 Å². The summed E-state index contributed by atoms with van der Waals surface area (Å²) in [6.07, 6.45) is 9.61. The highest BCUT2D eigenvalue weighted by atomic mass is 16.7. The van der Waals surface area contributed by atoms with Gasteiger partial charge in [-0.05, 0) is 38.0 Å². The molecule has 0 aromatic rings. The molecule has 0 bridgehead atoms. The van der Waals surface area contributed by atoms with Gasteiger partial charge in [0.05, 0.1) is 12.5 Å². The van der Waals surface area contributed by atoms with E-state index in [0.717, 1.165) is 19.4 Å². The zero-order valence-corrected chi connectivity index (χ0v) is 13.5. The van der Waals surface area contributed by atoms with Crippen LogP contribution in [0.25, 0.3) is 0 Å². The maximum Gasteiger partial charge on any atom is 0.251 e. The van der Waals surface area contributed by atoms with Crippen LogP contribution in [0.15, 0.2) is 0 Å². The van der Waals surface area contributed by atoms with E-state index in [0.29, 0.717) is 38.5 Å². The van der Waals surface area contributed by atoms with E-state index in [9.17, 15) is 9.59 Å². The summed E-state index contributed by atoms with van der Waals surface area (Å²) in [5, 5.41) is 1.54. The molecule has 0 aromatic heterocycles. The van der Waals surface area contributed by atoms with Gasteiger partial charge in [-0.25, -0.2) is 5.06 Å². The van der Waals surface area contributed by atoms with Crippen molar-refractivity contribution in [2.75, 3.05) is 26.2 Å². The summed E-state index contributed by atoms with van der Waals surface area (Å²) < 4.78 is 0. The van der Waals surface area contributed by atoms with Crippen molar-refractivity contribution in [3.8, 4) is 0 Å². The standard InChI is InChI=1S/C17H28N2O3/c20-16-9-8-15(17(21)19-10-4-5-11-22-19)13-18(16)12-14-6-2-1-3-7-14/h14-15H,1-13H2. The second-order valence-corrected chi connectivity index (χ2v) is 7.02. The predicted molar refractivity (Wildman–Crippen MR) is 82.8 cm³/mol. The van der Waals surface area contributed by atoms with Gasteiger partial charge in [-0.3, -0.25) is 14.4 Å². The van der Waals surface area contributed by atoms with Gasteiger partial charge in [-0.2, -0.15) is 0 Å². The fourth-order valence-corrected chi connectivity index (χ4v) is 3.95. The molecule has 2 amide bonds. The first-order valence-corrected chi connectivity index (χ1v) is 8.96. The number of amides is 2. The lowest BCUT2D eigenvalue weighted by molar-refractivity contribution is -0.202. The summed E-state index contributed by atoms with van der Waals surface area (Å²) in [7, 11) is 0. The van der Waals surface area contributed by atoms with E-state index in [1.165, 1.54) is 32.1 Å². The summed E-state index contributed by atoms with van der Waals surface area (Å²) >= 11 is 0. The third-order valence-corrected chi connectivity index (χ3v) is 5.30. The first-order chi connectivity index (χ1) is 10.7. The number of likely N-dealkylation sites (tertiary alicyclic amines) is 1. The number of rotatable bonds is 3. The topological polar surface area (TPSA) is 49.9 Å². The molecule has 1 aliphatic carbocycles. The predicted octanol–water partition coefficient (Wildman–Crippen LogP) is 2.36. The van der Waals surface area contributed by atoms with Crippen molar-refractivity contribution in [1.82, 2.24) is 9.96 Å². The number of carbonyl (C=O) groups excluding carboxylic acids is 2. The Morgan fingerprint density at radius 2 is 1.91 bits per heavy atom. The van der Waals surface area contributed by atoms with Crippen LogP contribution in [0.3, 0.4) is 0 Å². The fourth-order valence-electron chi connectivity index (χ4n) is 3.95. The zero-order chi connectivity index (χ0) is 15.4.